The van der Waals surface area contributed by atoms with E-state index in [0.717, 1.165) is 18.7 Å². The maximum absolute atomic E-state index is 4.29. The largest absolute Gasteiger partial charge is 0.347 e. The Hall–Kier alpha value is -1.61. The van der Waals surface area contributed by atoms with Crippen LogP contribution in [0.5, 0.6) is 0 Å². The van der Waals surface area contributed by atoms with Gasteiger partial charge >= 0.3 is 0 Å². The predicted molar refractivity (Wildman–Crippen MR) is 67.8 cm³/mol. The first-order valence-electron chi connectivity index (χ1n) is 6.15. The fourth-order valence-electron chi connectivity index (χ4n) is 2.62. The minimum Gasteiger partial charge on any atom is -0.347 e. The highest BCUT2D eigenvalue weighted by molar-refractivity contribution is 5.33. The van der Waals surface area contributed by atoms with Crippen molar-refractivity contribution >= 4 is 0 Å². The number of fused-ring (bicyclic) bond motifs is 1. The van der Waals surface area contributed by atoms with E-state index in [0.29, 0.717) is 6.04 Å². The van der Waals surface area contributed by atoms with Gasteiger partial charge in [-0.25, -0.2) is 4.98 Å². The summed E-state index contributed by atoms with van der Waals surface area (Å²) in [4.78, 5) is 7.45. The van der Waals surface area contributed by atoms with Crippen LogP contribution in [0.3, 0.4) is 0 Å². The molecule has 1 unspecified atom stereocenters. The average molecular weight is 227 g/mol. The van der Waals surface area contributed by atoms with E-state index in [1.807, 2.05) is 6.20 Å². The second-order valence-corrected chi connectivity index (χ2v) is 4.74. The zero-order chi connectivity index (χ0) is 11.7. The van der Waals surface area contributed by atoms with Crippen molar-refractivity contribution in [1.29, 1.82) is 0 Å². The molecule has 3 heteroatoms. The number of benzene rings is 1. The van der Waals surface area contributed by atoms with E-state index in [-0.39, 0.29) is 6.04 Å². The SMILES string of the molecule is CC(NC1Cc2ccccc2C1)c1ncc[nH]1. The van der Waals surface area contributed by atoms with E-state index in [1.54, 1.807) is 6.20 Å². The minimum absolute atomic E-state index is 0.282. The second-order valence-electron chi connectivity index (χ2n) is 4.74. The van der Waals surface area contributed by atoms with E-state index in [1.165, 1.54) is 11.1 Å². The van der Waals surface area contributed by atoms with Gasteiger partial charge in [0, 0.05) is 18.4 Å². The van der Waals surface area contributed by atoms with E-state index < -0.39 is 0 Å². The molecule has 1 aromatic heterocycles. The van der Waals surface area contributed by atoms with Crippen molar-refractivity contribution < 1.29 is 0 Å². The minimum atomic E-state index is 0.282. The van der Waals surface area contributed by atoms with E-state index in [4.69, 9.17) is 0 Å². The lowest BCUT2D eigenvalue weighted by atomic mass is 10.1. The molecule has 0 fully saturated rings. The van der Waals surface area contributed by atoms with Gasteiger partial charge in [0.2, 0.25) is 0 Å². The zero-order valence-corrected chi connectivity index (χ0v) is 9.98. The average Bonchev–Trinajstić information content (AvgIpc) is 2.97. The smallest absolute Gasteiger partial charge is 0.122 e. The summed E-state index contributed by atoms with van der Waals surface area (Å²) >= 11 is 0. The molecule has 0 aliphatic heterocycles. The number of imidazole rings is 1. The Morgan fingerprint density at radius 3 is 2.59 bits per heavy atom. The van der Waals surface area contributed by atoms with Gasteiger partial charge in [0.25, 0.3) is 0 Å². The molecule has 0 bridgehead atoms. The molecular weight excluding hydrogens is 210 g/mol. The molecule has 0 saturated heterocycles. The molecule has 0 radical (unpaired) electrons. The molecule has 1 aliphatic rings. The van der Waals surface area contributed by atoms with Crippen LogP contribution in [0.4, 0.5) is 0 Å². The number of hydrogen-bond donors (Lipinski definition) is 2. The quantitative estimate of drug-likeness (QED) is 0.844. The third kappa shape index (κ3) is 2.11. The fraction of sp³-hybridized carbons (Fsp3) is 0.357. The Morgan fingerprint density at radius 1 is 1.29 bits per heavy atom. The summed E-state index contributed by atoms with van der Waals surface area (Å²) in [6, 6.07) is 9.52. The second kappa shape index (κ2) is 4.34. The number of rotatable bonds is 3. The van der Waals surface area contributed by atoms with Gasteiger partial charge in [0.15, 0.2) is 0 Å². The van der Waals surface area contributed by atoms with E-state index in [9.17, 15) is 0 Å². The molecule has 2 N–H and O–H groups in total. The molecule has 88 valence electrons. The third-order valence-corrected chi connectivity index (χ3v) is 3.47. The predicted octanol–water partition coefficient (Wildman–Crippen LogP) is 2.23. The van der Waals surface area contributed by atoms with Crippen molar-refractivity contribution in [3.8, 4) is 0 Å². The molecule has 1 aliphatic carbocycles. The van der Waals surface area contributed by atoms with Crippen molar-refractivity contribution in [3.63, 3.8) is 0 Å². The topological polar surface area (TPSA) is 40.7 Å². The Balaban J connectivity index is 1.66. The number of nitrogens with one attached hydrogen (secondary N) is 2. The number of hydrogen-bond acceptors (Lipinski definition) is 2. The maximum atomic E-state index is 4.29. The Kier molecular flexibility index (Phi) is 2.69. The van der Waals surface area contributed by atoms with Crippen LogP contribution in [0, 0.1) is 0 Å². The van der Waals surface area contributed by atoms with Crippen molar-refractivity contribution in [2.45, 2.75) is 31.8 Å². The highest BCUT2D eigenvalue weighted by atomic mass is 15.0. The molecule has 1 aromatic carbocycles. The summed E-state index contributed by atoms with van der Waals surface area (Å²) < 4.78 is 0. The van der Waals surface area contributed by atoms with Gasteiger partial charge in [0.1, 0.15) is 5.82 Å². The maximum Gasteiger partial charge on any atom is 0.122 e. The summed E-state index contributed by atoms with van der Waals surface area (Å²) in [5, 5.41) is 3.63. The molecule has 1 atom stereocenters. The highest BCUT2D eigenvalue weighted by Gasteiger charge is 2.22. The lowest BCUT2D eigenvalue weighted by molar-refractivity contribution is 0.455. The number of aromatic nitrogens is 2. The lowest BCUT2D eigenvalue weighted by Crippen LogP contribution is -2.32. The lowest BCUT2D eigenvalue weighted by Gasteiger charge is -2.17. The fourth-order valence-corrected chi connectivity index (χ4v) is 2.62. The van der Waals surface area contributed by atoms with Crippen LogP contribution in [-0.2, 0) is 12.8 Å². The number of H-pyrrole nitrogens is 1. The van der Waals surface area contributed by atoms with Gasteiger partial charge in [-0.1, -0.05) is 24.3 Å². The van der Waals surface area contributed by atoms with Crippen LogP contribution in [0.25, 0.3) is 0 Å². The number of nitrogens with zero attached hydrogens (tertiary/aromatic N) is 1. The van der Waals surface area contributed by atoms with Crippen molar-refractivity contribution in [3.05, 3.63) is 53.6 Å². The molecular formula is C14H17N3. The van der Waals surface area contributed by atoms with Crippen LogP contribution in [0.2, 0.25) is 0 Å². The normalized spacial score (nSPS) is 17.0. The summed E-state index contributed by atoms with van der Waals surface area (Å²) in [5.74, 6) is 1.01. The van der Waals surface area contributed by atoms with Crippen LogP contribution >= 0.6 is 0 Å². The standard InChI is InChI=1S/C14H17N3/c1-10(14-15-6-7-16-14)17-13-8-11-4-2-3-5-12(11)9-13/h2-7,10,13,17H,8-9H2,1H3,(H,15,16). The van der Waals surface area contributed by atoms with Crippen molar-refractivity contribution in [2.75, 3.05) is 0 Å². The van der Waals surface area contributed by atoms with Gasteiger partial charge in [0.05, 0.1) is 6.04 Å². The highest BCUT2D eigenvalue weighted by Crippen LogP contribution is 2.23. The summed E-state index contributed by atoms with van der Waals surface area (Å²) in [6.07, 6.45) is 5.93. The van der Waals surface area contributed by atoms with E-state index in [2.05, 4.69) is 46.5 Å². The summed E-state index contributed by atoms with van der Waals surface area (Å²) in [7, 11) is 0. The molecule has 0 saturated carbocycles. The molecule has 17 heavy (non-hydrogen) atoms. The molecule has 1 heterocycles. The summed E-state index contributed by atoms with van der Waals surface area (Å²) in [6.45, 7) is 2.15. The Labute approximate surface area is 101 Å². The van der Waals surface area contributed by atoms with Crippen LogP contribution in [0.15, 0.2) is 36.7 Å². The first-order chi connectivity index (χ1) is 8.33. The van der Waals surface area contributed by atoms with Gasteiger partial charge in [-0.15, -0.1) is 0 Å². The first-order valence-corrected chi connectivity index (χ1v) is 6.15. The molecule has 3 nitrogen and oxygen atoms in total. The zero-order valence-electron chi connectivity index (χ0n) is 9.98. The summed E-state index contributed by atoms with van der Waals surface area (Å²) in [5.41, 5.74) is 2.97. The monoisotopic (exact) mass is 227 g/mol. The van der Waals surface area contributed by atoms with Gasteiger partial charge < -0.3 is 10.3 Å². The van der Waals surface area contributed by atoms with Gasteiger partial charge in [-0.3, -0.25) is 0 Å². The Morgan fingerprint density at radius 2 is 2.00 bits per heavy atom. The van der Waals surface area contributed by atoms with E-state index >= 15 is 0 Å². The Bertz CT molecular complexity index is 465. The number of aromatic amines is 1. The molecule has 2 aromatic rings. The van der Waals surface area contributed by atoms with Crippen molar-refractivity contribution in [1.82, 2.24) is 15.3 Å². The van der Waals surface area contributed by atoms with Crippen LogP contribution in [0.1, 0.15) is 29.9 Å². The van der Waals surface area contributed by atoms with Gasteiger partial charge in [-0.2, -0.15) is 0 Å². The van der Waals surface area contributed by atoms with Crippen LogP contribution in [-0.4, -0.2) is 16.0 Å². The molecule has 0 spiro atoms. The third-order valence-electron chi connectivity index (χ3n) is 3.47. The molecule has 3 rings (SSSR count). The molecule has 0 amide bonds. The van der Waals surface area contributed by atoms with Crippen molar-refractivity contribution in [2.24, 2.45) is 0 Å². The first kappa shape index (κ1) is 10.5. The van der Waals surface area contributed by atoms with Crippen LogP contribution < -0.4 is 5.32 Å². The van der Waals surface area contributed by atoms with Gasteiger partial charge in [-0.05, 0) is 30.9 Å².